The lowest BCUT2D eigenvalue weighted by Gasteiger charge is -2.31. The summed E-state index contributed by atoms with van der Waals surface area (Å²) in [6.45, 7) is 5.26. The van der Waals surface area contributed by atoms with Gasteiger partial charge in [0.15, 0.2) is 0 Å². The number of pyridine rings is 2. The highest BCUT2D eigenvalue weighted by molar-refractivity contribution is 7.89. The number of piperidine rings is 1. The standard InChI is InChI=1S/C21H26N6O2S/c1-3-26-15-19(16(2)25-26)30(28,29)27-13-7-8-17(14-27)18-9-6-11-21(23-18)24-20-10-4-5-12-22-20/h4-6,9-12,15,17H,3,7-8,13-14H2,1-2H3,(H,22,23,24)/t17-/m1/s1. The Bertz CT molecular complexity index is 1110. The van der Waals surface area contributed by atoms with Gasteiger partial charge >= 0.3 is 0 Å². The summed E-state index contributed by atoms with van der Waals surface area (Å²) >= 11 is 0. The average Bonchev–Trinajstić information content (AvgIpc) is 3.16. The van der Waals surface area contributed by atoms with Crippen LogP contribution in [0.1, 0.15) is 37.1 Å². The number of nitrogens with zero attached hydrogens (tertiary/aromatic N) is 5. The molecule has 0 aliphatic carbocycles. The van der Waals surface area contributed by atoms with Crippen molar-refractivity contribution in [2.75, 3.05) is 18.4 Å². The van der Waals surface area contributed by atoms with Gasteiger partial charge in [-0.1, -0.05) is 12.1 Å². The first-order valence-corrected chi connectivity index (χ1v) is 11.6. The third-order valence-corrected chi connectivity index (χ3v) is 7.31. The van der Waals surface area contributed by atoms with Gasteiger partial charge < -0.3 is 5.32 Å². The van der Waals surface area contributed by atoms with Crippen LogP contribution in [0.4, 0.5) is 11.6 Å². The Hall–Kier alpha value is -2.78. The number of anilines is 2. The van der Waals surface area contributed by atoms with Crippen molar-refractivity contribution in [1.82, 2.24) is 24.1 Å². The molecule has 1 aliphatic rings. The fourth-order valence-corrected chi connectivity index (χ4v) is 5.47. The minimum atomic E-state index is -3.58. The van der Waals surface area contributed by atoms with Crippen molar-refractivity contribution >= 4 is 21.7 Å². The van der Waals surface area contributed by atoms with Crippen molar-refractivity contribution in [3.63, 3.8) is 0 Å². The number of sulfonamides is 1. The summed E-state index contributed by atoms with van der Waals surface area (Å²) in [5, 5.41) is 7.51. The lowest BCUT2D eigenvalue weighted by atomic mass is 9.95. The van der Waals surface area contributed by atoms with Crippen LogP contribution in [0, 0.1) is 6.92 Å². The van der Waals surface area contributed by atoms with E-state index in [2.05, 4.69) is 15.4 Å². The predicted molar refractivity (Wildman–Crippen MR) is 115 cm³/mol. The van der Waals surface area contributed by atoms with Crippen LogP contribution in [0.3, 0.4) is 0 Å². The van der Waals surface area contributed by atoms with Gasteiger partial charge in [0.25, 0.3) is 0 Å². The Kier molecular flexibility index (Phi) is 5.83. The molecule has 8 nitrogen and oxygen atoms in total. The molecular weight excluding hydrogens is 400 g/mol. The number of hydrogen-bond donors (Lipinski definition) is 1. The van der Waals surface area contributed by atoms with Gasteiger partial charge in [-0.15, -0.1) is 0 Å². The van der Waals surface area contributed by atoms with Crippen molar-refractivity contribution in [2.24, 2.45) is 0 Å². The smallest absolute Gasteiger partial charge is 0.246 e. The molecule has 9 heteroatoms. The Morgan fingerprint density at radius 3 is 2.73 bits per heavy atom. The highest BCUT2D eigenvalue weighted by Gasteiger charge is 2.33. The molecule has 1 aliphatic heterocycles. The van der Waals surface area contributed by atoms with E-state index in [0.717, 1.165) is 24.4 Å². The van der Waals surface area contributed by atoms with E-state index in [1.807, 2.05) is 43.3 Å². The maximum absolute atomic E-state index is 13.3. The lowest BCUT2D eigenvalue weighted by Crippen LogP contribution is -2.39. The molecule has 0 aromatic carbocycles. The number of aromatic nitrogens is 4. The van der Waals surface area contributed by atoms with Crippen LogP contribution in [0.5, 0.6) is 0 Å². The van der Waals surface area contributed by atoms with E-state index in [1.165, 1.54) is 0 Å². The largest absolute Gasteiger partial charge is 0.325 e. The molecule has 4 rings (SSSR count). The normalized spacial score (nSPS) is 17.7. The molecule has 0 unspecified atom stereocenters. The summed E-state index contributed by atoms with van der Waals surface area (Å²) < 4.78 is 29.7. The van der Waals surface area contributed by atoms with E-state index >= 15 is 0 Å². The number of aryl methyl sites for hydroxylation is 2. The van der Waals surface area contributed by atoms with Crippen LogP contribution in [0.25, 0.3) is 0 Å². The van der Waals surface area contributed by atoms with Gasteiger partial charge in [0, 0.05) is 43.6 Å². The maximum atomic E-state index is 13.3. The predicted octanol–water partition coefficient (Wildman–Crippen LogP) is 3.31. The molecule has 3 aromatic rings. The van der Waals surface area contributed by atoms with Crippen molar-refractivity contribution in [3.05, 3.63) is 60.2 Å². The Labute approximate surface area is 177 Å². The van der Waals surface area contributed by atoms with E-state index in [-0.39, 0.29) is 5.92 Å². The van der Waals surface area contributed by atoms with Crippen LogP contribution in [-0.4, -0.2) is 45.6 Å². The molecular formula is C21H26N6O2S. The van der Waals surface area contributed by atoms with E-state index in [0.29, 0.717) is 36.0 Å². The highest BCUT2D eigenvalue weighted by atomic mass is 32.2. The molecule has 0 saturated carbocycles. The molecule has 1 fully saturated rings. The monoisotopic (exact) mass is 426 g/mol. The van der Waals surface area contributed by atoms with Gasteiger partial charge in [0.1, 0.15) is 16.5 Å². The van der Waals surface area contributed by atoms with Gasteiger partial charge in [-0.2, -0.15) is 9.40 Å². The lowest BCUT2D eigenvalue weighted by molar-refractivity contribution is 0.312. The Morgan fingerprint density at radius 1 is 1.17 bits per heavy atom. The minimum absolute atomic E-state index is 0.0422. The second kappa shape index (κ2) is 8.53. The molecule has 1 saturated heterocycles. The third-order valence-electron chi connectivity index (χ3n) is 5.34. The molecule has 0 radical (unpaired) electrons. The molecule has 30 heavy (non-hydrogen) atoms. The topological polar surface area (TPSA) is 93.0 Å². The molecule has 0 bridgehead atoms. The average molecular weight is 427 g/mol. The van der Waals surface area contributed by atoms with Crippen molar-refractivity contribution in [1.29, 1.82) is 0 Å². The summed E-state index contributed by atoms with van der Waals surface area (Å²) in [6.07, 6.45) is 5.05. The van der Waals surface area contributed by atoms with E-state index in [1.54, 1.807) is 28.3 Å². The molecule has 4 heterocycles. The number of rotatable bonds is 6. The summed E-state index contributed by atoms with van der Waals surface area (Å²) in [7, 11) is -3.58. The first-order chi connectivity index (χ1) is 14.5. The highest BCUT2D eigenvalue weighted by Crippen LogP contribution is 2.31. The first kappa shape index (κ1) is 20.5. The molecule has 3 aromatic heterocycles. The minimum Gasteiger partial charge on any atom is -0.325 e. The van der Waals surface area contributed by atoms with Crippen molar-refractivity contribution in [3.8, 4) is 0 Å². The maximum Gasteiger partial charge on any atom is 0.246 e. The Morgan fingerprint density at radius 2 is 2.00 bits per heavy atom. The Balaban J connectivity index is 1.54. The van der Waals surface area contributed by atoms with Crippen LogP contribution < -0.4 is 5.32 Å². The third kappa shape index (κ3) is 4.22. The summed E-state index contributed by atoms with van der Waals surface area (Å²) in [5.74, 6) is 1.46. The van der Waals surface area contributed by atoms with Crippen LogP contribution in [0.15, 0.2) is 53.7 Å². The fourth-order valence-electron chi connectivity index (χ4n) is 3.77. The van der Waals surface area contributed by atoms with Crippen LogP contribution in [0.2, 0.25) is 0 Å². The molecule has 1 atom stereocenters. The number of hydrogen-bond acceptors (Lipinski definition) is 6. The van der Waals surface area contributed by atoms with Crippen molar-refractivity contribution in [2.45, 2.75) is 44.0 Å². The summed E-state index contributed by atoms with van der Waals surface area (Å²) in [6, 6.07) is 11.4. The van der Waals surface area contributed by atoms with Crippen LogP contribution in [-0.2, 0) is 16.6 Å². The molecule has 1 N–H and O–H groups in total. The van der Waals surface area contributed by atoms with E-state index < -0.39 is 10.0 Å². The van der Waals surface area contributed by atoms with Gasteiger partial charge in [-0.25, -0.2) is 18.4 Å². The van der Waals surface area contributed by atoms with E-state index in [4.69, 9.17) is 4.98 Å². The van der Waals surface area contributed by atoms with Gasteiger partial charge in [-0.3, -0.25) is 4.68 Å². The van der Waals surface area contributed by atoms with Gasteiger partial charge in [0.2, 0.25) is 10.0 Å². The zero-order valence-electron chi connectivity index (χ0n) is 17.2. The van der Waals surface area contributed by atoms with E-state index in [9.17, 15) is 8.42 Å². The second-order valence-corrected chi connectivity index (χ2v) is 9.33. The van der Waals surface area contributed by atoms with Crippen LogP contribution >= 0.6 is 0 Å². The van der Waals surface area contributed by atoms with Gasteiger partial charge in [-0.05, 0) is 51.0 Å². The van der Waals surface area contributed by atoms with Crippen molar-refractivity contribution < 1.29 is 8.42 Å². The zero-order chi connectivity index (χ0) is 21.1. The quantitative estimate of drug-likeness (QED) is 0.650. The van der Waals surface area contributed by atoms with Gasteiger partial charge in [0.05, 0.1) is 5.69 Å². The molecule has 0 spiro atoms. The summed E-state index contributed by atoms with van der Waals surface area (Å²) in [5.41, 5.74) is 1.43. The fraction of sp³-hybridized carbons (Fsp3) is 0.381. The SMILES string of the molecule is CCn1cc(S(=O)(=O)N2CCC[C@@H](c3cccc(Nc4ccccn4)n3)C2)c(C)n1. The second-order valence-electron chi connectivity index (χ2n) is 7.42. The molecule has 158 valence electrons. The number of nitrogens with one attached hydrogen (secondary N) is 1. The zero-order valence-corrected chi connectivity index (χ0v) is 18.0. The molecule has 0 amide bonds. The first-order valence-electron chi connectivity index (χ1n) is 10.2. The summed E-state index contributed by atoms with van der Waals surface area (Å²) in [4.78, 5) is 9.29.